The summed E-state index contributed by atoms with van der Waals surface area (Å²) in [5, 5.41) is 8.77. The maximum absolute atomic E-state index is 12.2. The predicted molar refractivity (Wildman–Crippen MR) is 73.5 cm³/mol. The number of carbonyl (C=O) groups excluding carboxylic acids is 1. The minimum absolute atomic E-state index is 0.0225. The van der Waals surface area contributed by atoms with Crippen LogP contribution in [0.4, 0.5) is 0 Å². The number of carboxylic acid groups (broad SMARTS) is 1. The molecule has 20 heavy (non-hydrogen) atoms. The highest BCUT2D eigenvalue weighted by Gasteiger charge is 2.25. The van der Waals surface area contributed by atoms with Crippen LogP contribution in [0.5, 0.6) is 0 Å². The fraction of sp³-hybridized carbons (Fsp3) is 0.467. The second-order valence-corrected chi connectivity index (χ2v) is 5.10. The monoisotopic (exact) mass is 277 g/mol. The van der Waals surface area contributed by atoms with E-state index in [0.29, 0.717) is 26.1 Å². The van der Waals surface area contributed by atoms with Crippen LogP contribution in [0.2, 0.25) is 0 Å². The number of aryl methyl sites for hydroxylation is 1. The van der Waals surface area contributed by atoms with E-state index in [4.69, 9.17) is 9.84 Å². The summed E-state index contributed by atoms with van der Waals surface area (Å²) in [5.41, 5.74) is 2.11. The number of benzene rings is 1. The van der Waals surface area contributed by atoms with Gasteiger partial charge in [0, 0.05) is 13.1 Å². The molecule has 0 bridgehead atoms. The van der Waals surface area contributed by atoms with Crippen LogP contribution in [0, 0.1) is 6.92 Å². The molecule has 1 amide bonds. The van der Waals surface area contributed by atoms with Gasteiger partial charge in [-0.3, -0.25) is 9.59 Å². The Morgan fingerprint density at radius 3 is 2.95 bits per heavy atom. The van der Waals surface area contributed by atoms with Crippen molar-refractivity contribution >= 4 is 11.9 Å². The van der Waals surface area contributed by atoms with Crippen molar-refractivity contribution in [3.63, 3.8) is 0 Å². The van der Waals surface area contributed by atoms with Gasteiger partial charge in [0.2, 0.25) is 5.91 Å². The Bertz CT molecular complexity index is 500. The summed E-state index contributed by atoms with van der Waals surface area (Å²) < 4.78 is 5.36. The van der Waals surface area contributed by atoms with Gasteiger partial charge in [-0.15, -0.1) is 0 Å². The first-order valence-electron chi connectivity index (χ1n) is 6.71. The van der Waals surface area contributed by atoms with Gasteiger partial charge in [-0.05, 0) is 12.5 Å². The first-order chi connectivity index (χ1) is 9.54. The minimum atomic E-state index is -0.900. The van der Waals surface area contributed by atoms with Gasteiger partial charge < -0.3 is 14.7 Å². The Morgan fingerprint density at radius 2 is 2.25 bits per heavy atom. The molecule has 1 aromatic rings. The molecule has 1 N–H and O–H groups in total. The van der Waals surface area contributed by atoms with Crippen LogP contribution in [-0.4, -0.2) is 47.7 Å². The van der Waals surface area contributed by atoms with Crippen LogP contribution >= 0.6 is 0 Å². The van der Waals surface area contributed by atoms with Crippen molar-refractivity contribution in [2.24, 2.45) is 0 Å². The third-order valence-corrected chi connectivity index (χ3v) is 3.33. The number of carboxylic acids is 1. The molecule has 5 nitrogen and oxygen atoms in total. The van der Waals surface area contributed by atoms with Crippen molar-refractivity contribution in [2.75, 3.05) is 19.7 Å². The summed E-state index contributed by atoms with van der Waals surface area (Å²) in [6, 6.07) is 7.85. The molecule has 1 aromatic carbocycles. The van der Waals surface area contributed by atoms with Crippen LogP contribution in [0.3, 0.4) is 0 Å². The normalized spacial score (nSPS) is 18.9. The first-order valence-corrected chi connectivity index (χ1v) is 6.71. The fourth-order valence-corrected chi connectivity index (χ4v) is 2.37. The number of carbonyl (C=O) groups is 2. The topological polar surface area (TPSA) is 66.8 Å². The second-order valence-electron chi connectivity index (χ2n) is 5.10. The number of hydrogen-bond donors (Lipinski definition) is 1. The second kappa shape index (κ2) is 6.52. The van der Waals surface area contributed by atoms with E-state index < -0.39 is 12.1 Å². The van der Waals surface area contributed by atoms with Gasteiger partial charge >= 0.3 is 5.97 Å². The molecule has 0 spiro atoms. The van der Waals surface area contributed by atoms with Gasteiger partial charge in [0.05, 0.1) is 25.6 Å². The molecule has 0 unspecified atom stereocenters. The van der Waals surface area contributed by atoms with Gasteiger partial charge in [-0.25, -0.2) is 0 Å². The molecule has 1 fully saturated rings. The van der Waals surface area contributed by atoms with E-state index in [1.54, 1.807) is 4.90 Å². The first kappa shape index (κ1) is 14.5. The largest absolute Gasteiger partial charge is 0.481 e. The number of amides is 1. The summed E-state index contributed by atoms with van der Waals surface area (Å²) in [6.45, 7) is 3.28. The number of morpholine rings is 1. The number of rotatable bonds is 4. The molecule has 2 rings (SSSR count). The quantitative estimate of drug-likeness (QED) is 0.899. The lowest BCUT2D eigenvalue weighted by Crippen LogP contribution is -2.46. The van der Waals surface area contributed by atoms with E-state index >= 15 is 0 Å². The molecular formula is C15H19NO4. The van der Waals surface area contributed by atoms with Crippen LogP contribution in [0.1, 0.15) is 17.5 Å². The molecule has 1 aliphatic heterocycles. The highest BCUT2D eigenvalue weighted by molar-refractivity contribution is 5.79. The third-order valence-electron chi connectivity index (χ3n) is 3.33. The summed E-state index contributed by atoms with van der Waals surface area (Å²) in [7, 11) is 0. The van der Waals surface area contributed by atoms with Crippen molar-refractivity contribution in [3.8, 4) is 0 Å². The summed E-state index contributed by atoms with van der Waals surface area (Å²) in [5.74, 6) is -0.878. The van der Waals surface area contributed by atoms with Crippen molar-refractivity contribution < 1.29 is 19.4 Å². The van der Waals surface area contributed by atoms with Gasteiger partial charge in [0.15, 0.2) is 0 Å². The number of hydrogen-bond acceptors (Lipinski definition) is 3. The smallest absolute Gasteiger partial charge is 0.306 e. The molecule has 5 heteroatoms. The molecule has 0 radical (unpaired) electrons. The van der Waals surface area contributed by atoms with Gasteiger partial charge in [-0.1, -0.05) is 29.8 Å². The molecule has 1 heterocycles. The Hall–Kier alpha value is -1.88. The van der Waals surface area contributed by atoms with Crippen LogP contribution in [-0.2, 0) is 20.7 Å². The Morgan fingerprint density at radius 1 is 1.45 bits per heavy atom. The molecule has 108 valence electrons. The van der Waals surface area contributed by atoms with Crippen LogP contribution in [0.25, 0.3) is 0 Å². The highest BCUT2D eigenvalue weighted by Crippen LogP contribution is 2.12. The standard InChI is InChI=1S/C15H19NO4/c1-11-3-2-4-12(7-11)8-14(17)16-5-6-20-13(10-16)9-15(18)19/h2-4,7,13H,5-6,8-10H2,1H3,(H,18,19)/t13-/m0/s1. The van der Waals surface area contributed by atoms with E-state index in [2.05, 4.69) is 0 Å². The zero-order chi connectivity index (χ0) is 14.5. The Labute approximate surface area is 118 Å². The van der Waals surface area contributed by atoms with Crippen LogP contribution < -0.4 is 0 Å². The van der Waals surface area contributed by atoms with Crippen molar-refractivity contribution in [1.82, 2.24) is 4.90 Å². The summed E-state index contributed by atoms with van der Waals surface area (Å²) >= 11 is 0. The molecule has 0 aliphatic carbocycles. The summed E-state index contributed by atoms with van der Waals surface area (Å²) in [6.07, 6.45) is -0.113. The fourth-order valence-electron chi connectivity index (χ4n) is 2.37. The number of ether oxygens (including phenoxy) is 1. The van der Waals surface area contributed by atoms with E-state index in [-0.39, 0.29) is 12.3 Å². The predicted octanol–water partition coefficient (Wildman–Crippen LogP) is 1.24. The van der Waals surface area contributed by atoms with E-state index in [0.717, 1.165) is 11.1 Å². The molecule has 1 aliphatic rings. The van der Waals surface area contributed by atoms with Gasteiger partial charge in [0.1, 0.15) is 0 Å². The minimum Gasteiger partial charge on any atom is -0.481 e. The third kappa shape index (κ3) is 4.06. The molecular weight excluding hydrogens is 258 g/mol. The van der Waals surface area contributed by atoms with E-state index in [1.807, 2.05) is 31.2 Å². The zero-order valence-corrected chi connectivity index (χ0v) is 11.5. The van der Waals surface area contributed by atoms with E-state index in [9.17, 15) is 9.59 Å². The molecule has 1 saturated heterocycles. The average Bonchev–Trinajstić information content (AvgIpc) is 2.38. The van der Waals surface area contributed by atoms with E-state index in [1.165, 1.54) is 0 Å². The lowest BCUT2D eigenvalue weighted by Gasteiger charge is -2.32. The van der Waals surface area contributed by atoms with Gasteiger partial charge in [0.25, 0.3) is 0 Å². The molecule has 0 aromatic heterocycles. The maximum atomic E-state index is 12.2. The lowest BCUT2D eigenvalue weighted by atomic mass is 10.1. The number of nitrogens with zero attached hydrogens (tertiary/aromatic N) is 1. The molecule has 0 saturated carbocycles. The Balaban J connectivity index is 1.93. The molecule has 1 atom stereocenters. The Kier molecular flexibility index (Phi) is 4.74. The van der Waals surface area contributed by atoms with Crippen molar-refractivity contribution in [3.05, 3.63) is 35.4 Å². The highest BCUT2D eigenvalue weighted by atomic mass is 16.5. The number of aliphatic carboxylic acids is 1. The lowest BCUT2D eigenvalue weighted by molar-refractivity contribution is -0.147. The van der Waals surface area contributed by atoms with Crippen molar-refractivity contribution in [2.45, 2.75) is 25.9 Å². The average molecular weight is 277 g/mol. The maximum Gasteiger partial charge on any atom is 0.306 e. The zero-order valence-electron chi connectivity index (χ0n) is 11.5. The van der Waals surface area contributed by atoms with Crippen molar-refractivity contribution in [1.29, 1.82) is 0 Å². The SMILES string of the molecule is Cc1cccc(CC(=O)N2CCO[C@@H](CC(=O)O)C2)c1. The van der Waals surface area contributed by atoms with Crippen LogP contribution in [0.15, 0.2) is 24.3 Å². The van der Waals surface area contributed by atoms with Gasteiger partial charge in [-0.2, -0.15) is 0 Å². The summed E-state index contributed by atoms with van der Waals surface area (Å²) in [4.78, 5) is 24.6.